The summed E-state index contributed by atoms with van der Waals surface area (Å²) in [6, 6.07) is 13.4. The normalized spacial score (nSPS) is 11.2. The summed E-state index contributed by atoms with van der Waals surface area (Å²) in [5.74, 6) is -3.64. The molecular formula is C24H14F3NO8. The van der Waals surface area contributed by atoms with E-state index in [1.165, 1.54) is 55.6 Å². The fourth-order valence-electron chi connectivity index (χ4n) is 3.17. The molecule has 0 spiro atoms. The van der Waals surface area contributed by atoms with E-state index in [1.54, 1.807) is 0 Å². The van der Waals surface area contributed by atoms with Gasteiger partial charge in [-0.1, -0.05) is 6.07 Å². The van der Waals surface area contributed by atoms with Gasteiger partial charge in [-0.05, 0) is 42.5 Å². The number of ether oxygens (including phenoxy) is 3. The van der Waals surface area contributed by atoms with Crippen LogP contribution in [0.5, 0.6) is 23.0 Å². The van der Waals surface area contributed by atoms with E-state index in [9.17, 15) is 32.9 Å². The number of nitrogens with zero attached hydrogens (tertiary/aromatic N) is 1. The summed E-state index contributed by atoms with van der Waals surface area (Å²) in [5.41, 5.74) is -2.13. The highest BCUT2D eigenvalue weighted by Crippen LogP contribution is 2.39. The summed E-state index contributed by atoms with van der Waals surface area (Å²) in [4.78, 5) is 35.5. The van der Waals surface area contributed by atoms with Crippen LogP contribution in [0.25, 0.3) is 11.0 Å². The average Bonchev–Trinajstić information content (AvgIpc) is 2.85. The molecule has 0 amide bonds. The molecule has 0 unspecified atom stereocenters. The lowest BCUT2D eigenvalue weighted by molar-refractivity contribution is -0.384. The van der Waals surface area contributed by atoms with Gasteiger partial charge in [-0.25, -0.2) is 4.79 Å². The minimum atomic E-state index is -5.09. The zero-order valence-electron chi connectivity index (χ0n) is 18.2. The van der Waals surface area contributed by atoms with Crippen LogP contribution in [0, 0.1) is 10.1 Å². The van der Waals surface area contributed by atoms with E-state index in [0.717, 1.165) is 18.2 Å². The number of esters is 1. The molecule has 3 aromatic carbocycles. The third-order valence-electron chi connectivity index (χ3n) is 4.86. The largest absolute Gasteiger partial charge is 0.497 e. The molecule has 0 bridgehead atoms. The zero-order valence-corrected chi connectivity index (χ0v) is 18.2. The van der Waals surface area contributed by atoms with Gasteiger partial charge in [0.15, 0.2) is 0 Å². The molecule has 0 aliphatic carbocycles. The van der Waals surface area contributed by atoms with Gasteiger partial charge in [0.05, 0.1) is 23.0 Å². The Bertz CT molecular complexity index is 1530. The molecule has 0 N–H and O–H groups in total. The maximum absolute atomic E-state index is 13.7. The van der Waals surface area contributed by atoms with Crippen LogP contribution in [0.3, 0.4) is 0 Å². The molecule has 0 aliphatic rings. The van der Waals surface area contributed by atoms with Crippen LogP contribution in [0.2, 0.25) is 0 Å². The molecule has 4 rings (SSSR count). The number of alkyl halides is 3. The van der Waals surface area contributed by atoms with Crippen LogP contribution in [-0.2, 0) is 6.18 Å². The predicted molar refractivity (Wildman–Crippen MR) is 119 cm³/mol. The first-order valence-electron chi connectivity index (χ1n) is 10.0. The topological polar surface area (TPSA) is 118 Å². The number of benzene rings is 3. The monoisotopic (exact) mass is 501 g/mol. The number of nitro groups is 1. The molecular weight excluding hydrogens is 487 g/mol. The van der Waals surface area contributed by atoms with Gasteiger partial charge in [-0.3, -0.25) is 14.9 Å². The van der Waals surface area contributed by atoms with Crippen molar-refractivity contribution in [1.29, 1.82) is 0 Å². The Hall–Kier alpha value is -4.87. The molecule has 184 valence electrons. The van der Waals surface area contributed by atoms with Crippen LogP contribution >= 0.6 is 0 Å². The Morgan fingerprint density at radius 3 is 2.28 bits per heavy atom. The first kappa shape index (κ1) is 24.3. The average molecular weight is 501 g/mol. The summed E-state index contributed by atoms with van der Waals surface area (Å²) in [6.45, 7) is 0. The molecule has 0 saturated heterocycles. The highest BCUT2D eigenvalue weighted by molar-refractivity contribution is 5.92. The van der Waals surface area contributed by atoms with Gasteiger partial charge < -0.3 is 18.6 Å². The standard InChI is InChI=1S/C24H14F3NO8/c1-33-15-5-7-16(8-6-15)34-21-20(29)18-10-9-17(12-19(18)36-22(21)24(25,26)27)35-23(30)13-3-2-4-14(11-13)28(31)32/h2-12H,1H3. The van der Waals surface area contributed by atoms with Crippen LogP contribution in [0.15, 0.2) is 75.9 Å². The Morgan fingerprint density at radius 1 is 0.972 bits per heavy atom. The molecule has 12 heteroatoms. The number of hydrogen-bond acceptors (Lipinski definition) is 8. The van der Waals surface area contributed by atoms with Crippen molar-refractivity contribution in [2.24, 2.45) is 0 Å². The van der Waals surface area contributed by atoms with Crippen molar-refractivity contribution in [1.82, 2.24) is 0 Å². The van der Waals surface area contributed by atoms with E-state index in [4.69, 9.17) is 18.6 Å². The van der Waals surface area contributed by atoms with Crippen molar-refractivity contribution < 1.29 is 41.5 Å². The SMILES string of the molecule is COc1ccc(Oc2c(C(F)(F)F)oc3cc(OC(=O)c4cccc([N+](=O)[O-])c4)ccc3c2=O)cc1. The van der Waals surface area contributed by atoms with E-state index in [2.05, 4.69) is 0 Å². The lowest BCUT2D eigenvalue weighted by Crippen LogP contribution is -2.15. The highest BCUT2D eigenvalue weighted by Gasteiger charge is 2.40. The third-order valence-corrected chi connectivity index (χ3v) is 4.86. The van der Waals surface area contributed by atoms with E-state index < -0.39 is 39.6 Å². The summed E-state index contributed by atoms with van der Waals surface area (Å²) >= 11 is 0. The lowest BCUT2D eigenvalue weighted by atomic mass is 10.2. The molecule has 0 saturated carbocycles. The number of halogens is 3. The van der Waals surface area contributed by atoms with Crippen molar-refractivity contribution in [3.63, 3.8) is 0 Å². The second kappa shape index (κ2) is 9.41. The number of rotatable bonds is 6. The maximum Gasteiger partial charge on any atom is 0.453 e. The minimum absolute atomic E-state index is 0.0598. The predicted octanol–water partition coefficient (Wildman–Crippen LogP) is 5.74. The molecule has 0 radical (unpaired) electrons. The Balaban J connectivity index is 1.71. The summed E-state index contributed by atoms with van der Waals surface area (Å²) < 4.78 is 61.5. The van der Waals surface area contributed by atoms with Crippen molar-refractivity contribution in [3.8, 4) is 23.0 Å². The molecule has 9 nitrogen and oxygen atoms in total. The van der Waals surface area contributed by atoms with Gasteiger partial charge in [0.25, 0.3) is 11.4 Å². The van der Waals surface area contributed by atoms with Crippen LogP contribution < -0.4 is 19.6 Å². The minimum Gasteiger partial charge on any atom is -0.497 e. The summed E-state index contributed by atoms with van der Waals surface area (Å²) in [7, 11) is 1.41. The van der Waals surface area contributed by atoms with Gasteiger partial charge >= 0.3 is 12.1 Å². The molecule has 1 heterocycles. The van der Waals surface area contributed by atoms with Crippen molar-refractivity contribution in [3.05, 3.63) is 98.4 Å². The number of fused-ring (bicyclic) bond motifs is 1. The number of hydrogen-bond donors (Lipinski definition) is 0. The number of carbonyl (C=O) groups is 1. The molecule has 0 atom stereocenters. The van der Waals surface area contributed by atoms with Crippen LogP contribution in [0.1, 0.15) is 16.1 Å². The quantitative estimate of drug-likeness (QED) is 0.142. The Kier molecular flexibility index (Phi) is 6.34. The van der Waals surface area contributed by atoms with E-state index >= 15 is 0 Å². The fourth-order valence-corrected chi connectivity index (χ4v) is 3.17. The number of carbonyl (C=O) groups excluding carboxylic acids is 1. The van der Waals surface area contributed by atoms with Gasteiger partial charge in [0.1, 0.15) is 22.8 Å². The van der Waals surface area contributed by atoms with Gasteiger partial charge in [0, 0.05) is 18.2 Å². The number of methoxy groups -OCH3 is 1. The van der Waals surface area contributed by atoms with Crippen molar-refractivity contribution in [2.45, 2.75) is 6.18 Å². The lowest BCUT2D eigenvalue weighted by Gasteiger charge is -2.14. The van der Waals surface area contributed by atoms with E-state index in [-0.39, 0.29) is 28.1 Å². The van der Waals surface area contributed by atoms with Crippen LogP contribution in [0.4, 0.5) is 18.9 Å². The second-order valence-corrected chi connectivity index (χ2v) is 7.22. The molecule has 1 aromatic heterocycles. The molecule has 0 aliphatic heterocycles. The van der Waals surface area contributed by atoms with Crippen molar-refractivity contribution in [2.75, 3.05) is 7.11 Å². The van der Waals surface area contributed by atoms with Gasteiger partial charge in [0.2, 0.25) is 11.2 Å². The van der Waals surface area contributed by atoms with E-state index in [0.29, 0.717) is 5.75 Å². The summed E-state index contributed by atoms with van der Waals surface area (Å²) in [5, 5.41) is 10.6. The third kappa shape index (κ3) is 4.97. The zero-order chi connectivity index (χ0) is 26.0. The van der Waals surface area contributed by atoms with Crippen molar-refractivity contribution >= 4 is 22.6 Å². The Morgan fingerprint density at radius 2 is 1.64 bits per heavy atom. The van der Waals surface area contributed by atoms with Gasteiger partial charge in [-0.2, -0.15) is 13.2 Å². The van der Waals surface area contributed by atoms with Crippen LogP contribution in [-0.4, -0.2) is 18.0 Å². The molecule has 36 heavy (non-hydrogen) atoms. The highest BCUT2D eigenvalue weighted by atomic mass is 19.4. The summed E-state index contributed by atoms with van der Waals surface area (Å²) in [6.07, 6.45) is -5.09. The molecule has 4 aromatic rings. The second-order valence-electron chi connectivity index (χ2n) is 7.22. The number of non-ortho nitro benzene ring substituents is 1. The van der Waals surface area contributed by atoms with Gasteiger partial charge in [-0.15, -0.1) is 0 Å². The van der Waals surface area contributed by atoms with E-state index in [1.807, 2.05) is 0 Å². The number of nitro benzene ring substituents is 1. The first-order chi connectivity index (χ1) is 17.1. The first-order valence-corrected chi connectivity index (χ1v) is 10.0. The smallest absolute Gasteiger partial charge is 0.453 e. The Labute approximate surface area is 199 Å². The fraction of sp³-hybridized carbons (Fsp3) is 0.0833. The molecule has 0 fully saturated rings. The maximum atomic E-state index is 13.7.